The number of ether oxygens (including phenoxy) is 1. The zero-order valence-corrected chi connectivity index (χ0v) is 9.11. The molecule has 84 valence electrons. The van der Waals surface area contributed by atoms with Crippen molar-refractivity contribution in [3.8, 4) is 0 Å². The lowest BCUT2D eigenvalue weighted by Crippen LogP contribution is -2.09. The van der Waals surface area contributed by atoms with Crippen molar-refractivity contribution in [1.29, 1.82) is 0 Å². The van der Waals surface area contributed by atoms with Crippen molar-refractivity contribution in [1.82, 2.24) is 9.55 Å². The Morgan fingerprint density at radius 2 is 2.25 bits per heavy atom. The third-order valence-electron chi connectivity index (χ3n) is 2.43. The monoisotopic (exact) mass is 220 g/mol. The Kier molecular flexibility index (Phi) is 2.52. The fraction of sp³-hybridized carbons (Fsp3) is 0.273. The summed E-state index contributed by atoms with van der Waals surface area (Å²) in [5.41, 5.74) is 1.05. The van der Waals surface area contributed by atoms with E-state index in [1.165, 1.54) is 6.07 Å². The van der Waals surface area contributed by atoms with Crippen LogP contribution in [0, 0.1) is 0 Å². The number of hydrogen-bond acceptors (Lipinski definition) is 3. The topological polar surface area (TPSA) is 64.1 Å². The first-order chi connectivity index (χ1) is 7.63. The van der Waals surface area contributed by atoms with Crippen molar-refractivity contribution in [2.75, 3.05) is 6.61 Å². The number of hydrogen-bond donors (Lipinski definition) is 1. The highest BCUT2D eigenvalue weighted by atomic mass is 16.5. The van der Waals surface area contributed by atoms with E-state index < -0.39 is 0 Å². The molecule has 2 heterocycles. The van der Waals surface area contributed by atoms with Crippen molar-refractivity contribution in [3.63, 3.8) is 0 Å². The summed E-state index contributed by atoms with van der Waals surface area (Å²) in [6, 6.07) is 3.11. The van der Waals surface area contributed by atoms with Crippen LogP contribution in [0.4, 0.5) is 0 Å². The van der Waals surface area contributed by atoms with Gasteiger partial charge < -0.3 is 14.3 Å². The second-order valence-corrected chi connectivity index (χ2v) is 3.45. The van der Waals surface area contributed by atoms with Crippen LogP contribution in [0.5, 0.6) is 0 Å². The summed E-state index contributed by atoms with van der Waals surface area (Å²) in [7, 11) is 1.76. The van der Waals surface area contributed by atoms with E-state index in [-0.39, 0.29) is 11.5 Å². The second kappa shape index (κ2) is 3.84. The van der Waals surface area contributed by atoms with Crippen LogP contribution >= 0.6 is 0 Å². The predicted octanol–water partition coefficient (Wildman–Crippen LogP) is 1.04. The Balaban J connectivity index is 2.60. The molecule has 0 bridgehead atoms. The quantitative estimate of drug-likeness (QED) is 0.769. The third-order valence-corrected chi connectivity index (χ3v) is 2.43. The van der Waals surface area contributed by atoms with Gasteiger partial charge in [-0.25, -0.2) is 4.79 Å². The summed E-state index contributed by atoms with van der Waals surface area (Å²) >= 11 is 0. The van der Waals surface area contributed by atoms with Gasteiger partial charge in [0.1, 0.15) is 5.69 Å². The van der Waals surface area contributed by atoms with Crippen molar-refractivity contribution >= 4 is 16.9 Å². The van der Waals surface area contributed by atoms with Gasteiger partial charge in [-0.2, -0.15) is 0 Å². The van der Waals surface area contributed by atoms with Crippen LogP contribution in [-0.4, -0.2) is 22.1 Å². The molecule has 0 aromatic carbocycles. The fourth-order valence-electron chi connectivity index (χ4n) is 1.66. The Hall–Kier alpha value is -2.04. The molecule has 16 heavy (non-hydrogen) atoms. The number of nitrogens with zero attached hydrogens (tertiary/aromatic N) is 1. The van der Waals surface area contributed by atoms with Crippen molar-refractivity contribution in [3.05, 3.63) is 34.4 Å². The Labute approximate surface area is 91.6 Å². The first-order valence-electron chi connectivity index (χ1n) is 4.98. The lowest BCUT2D eigenvalue weighted by Gasteiger charge is -2.02. The molecule has 0 amide bonds. The standard InChI is InChI=1S/C11H12N2O3/c1-3-16-11(15)8-4-7-5-10(14)12-6-9(7)13(8)2/h4-6H,3H2,1-2H3,(H,12,14). The van der Waals surface area contributed by atoms with Gasteiger partial charge in [-0.05, 0) is 13.0 Å². The molecule has 0 unspecified atom stereocenters. The number of carbonyl (C=O) groups is 1. The molecule has 2 aromatic heterocycles. The van der Waals surface area contributed by atoms with Crippen molar-refractivity contribution < 1.29 is 9.53 Å². The summed E-state index contributed by atoms with van der Waals surface area (Å²) in [5, 5.41) is 0.731. The van der Waals surface area contributed by atoms with Crippen LogP contribution in [0.2, 0.25) is 0 Å². The van der Waals surface area contributed by atoms with Crippen LogP contribution in [0.3, 0.4) is 0 Å². The van der Waals surface area contributed by atoms with E-state index in [9.17, 15) is 9.59 Å². The van der Waals surface area contributed by atoms with E-state index in [0.29, 0.717) is 12.3 Å². The molecule has 2 aromatic rings. The number of aryl methyl sites for hydroxylation is 1. The molecule has 2 rings (SSSR count). The van der Waals surface area contributed by atoms with Gasteiger partial charge in [0.25, 0.3) is 0 Å². The molecular formula is C11H12N2O3. The SMILES string of the molecule is CCOC(=O)c1cc2cc(=O)[nH]cc2n1C. The molecule has 0 fully saturated rings. The summed E-state index contributed by atoms with van der Waals surface area (Å²) in [6.45, 7) is 2.09. The first kappa shape index (κ1) is 10.5. The zero-order valence-electron chi connectivity index (χ0n) is 9.11. The van der Waals surface area contributed by atoms with Gasteiger partial charge in [0, 0.05) is 24.7 Å². The minimum absolute atomic E-state index is 0.187. The summed E-state index contributed by atoms with van der Waals surface area (Å²) < 4.78 is 6.62. The number of esters is 1. The highest BCUT2D eigenvalue weighted by Gasteiger charge is 2.14. The second-order valence-electron chi connectivity index (χ2n) is 3.45. The van der Waals surface area contributed by atoms with Gasteiger partial charge >= 0.3 is 5.97 Å². The molecule has 0 saturated heterocycles. The van der Waals surface area contributed by atoms with Gasteiger partial charge in [0.2, 0.25) is 5.56 Å². The minimum atomic E-state index is -0.381. The summed E-state index contributed by atoms with van der Waals surface area (Å²) in [4.78, 5) is 25.3. The molecule has 0 saturated carbocycles. The molecular weight excluding hydrogens is 208 g/mol. The molecule has 0 atom stereocenters. The summed E-state index contributed by atoms with van der Waals surface area (Å²) in [5.74, 6) is -0.381. The van der Waals surface area contributed by atoms with Gasteiger partial charge in [0.05, 0.1) is 12.1 Å². The van der Waals surface area contributed by atoms with Crippen LogP contribution < -0.4 is 5.56 Å². The zero-order chi connectivity index (χ0) is 11.7. The first-order valence-corrected chi connectivity index (χ1v) is 4.98. The Morgan fingerprint density at radius 3 is 2.94 bits per heavy atom. The molecule has 5 heteroatoms. The molecule has 1 N–H and O–H groups in total. The highest BCUT2D eigenvalue weighted by Crippen LogP contribution is 2.16. The largest absolute Gasteiger partial charge is 0.461 e. The predicted molar refractivity (Wildman–Crippen MR) is 59.5 cm³/mol. The minimum Gasteiger partial charge on any atom is -0.461 e. The maximum Gasteiger partial charge on any atom is 0.354 e. The number of carbonyl (C=O) groups excluding carboxylic acids is 1. The van der Waals surface area contributed by atoms with E-state index in [0.717, 1.165) is 10.9 Å². The fourth-order valence-corrected chi connectivity index (χ4v) is 1.66. The van der Waals surface area contributed by atoms with E-state index in [1.807, 2.05) is 0 Å². The van der Waals surface area contributed by atoms with Crippen molar-refractivity contribution in [2.24, 2.45) is 7.05 Å². The Morgan fingerprint density at radius 1 is 1.50 bits per heavy atom. The van der Waals surface area contributed by atoms with Gasteiger partial charge in [0.15, 0.2) is 0 Å². The molecule has 0 aliphatic heterocycles. The van der Waals surface area contributed by atoms with E-state index >= 15 is 0 Å². The molecule has 0 spiro atoms. The lowest BCUT2D eigenvalue weighted by molar-refractivity contribution is 0.0516. The number of H-pyrrole nitrogens is 1. The number of fused-ring (bicyclic) bond motifs is 1. The average Bonchev–Trinajstić information content (AvgIpc) is 2.56. The summed E-state index contributed by atoms with van der Waals surface area (Å²) in [6.07, 6.45) is 1.58. The van der Waals surface area contributed by atoms with Crippen LogP contribution in [-0.2, 0) is 11.8 Å². The Bertz CT molecular complexity index is 595. The van der Waals surface area contributed by atoms with Gasteiger partial charge in [-0.15, -0.1) is 0 Å². The number of rotatable bonds is 2. The maximum atomic E-state index is 11.6. The van der Waals surface area contributed by atoms with Crippen LogP contribution in [0.25, 0.3) is 10.9 Å². The molecule has 5 nitrogen and oxygen atoms in total. The smallest absolute Gasteiger partial charge is 0.354 e. The lowest BCUT2D eigenvalue weighted by atomic mass is 10.3. The molecule has 0 radical (unpaired) electrons. The number of aromatic amines is 1. The number of nitrogens with one attached hydrogen (secondary N) is 1. The average molecular weight is 220 g/mol. The number of pyridine rings is 1. The number of aromatic nitrogens is 2. The molecule has 0 aliphatic rings. The third kappa shape index (κ3) is 1.60. The maximum absolute atomic E-state index is 11.6. The van der Waals surface area contributed by atoms with E-state index in [4.69, 9.17) is 4.74 Å². The highest BCUT2D eigenvalue weighted by molar-refractivity contribution is 5.95. The van der Waals surface area contributed by atoms with Crippen molar-refractivity contribution in [2.45, 2.75) is 6.92 Å². The van der Waals surface area contributed by atoms with Crippen LogP contribution in [0.1, 0.15) is 17.4 Å². The van der Waals surface area contributed by atoms with E-state index in [1.54, 1.807) is 30.8 Å². The van der Waals surface area contributed by atoms with E-state index in [2.05, 4.69) is 4.98 Å². The van der Waals surface area contributed by atoms with Crippen LogP contribution in [0.15, 0.2) is 23.1 Å². The molecule has 0 aliphatic carbocycles. The van der Waals surface area contributed by atoms with Gasteiger partial charge in [-0.1, -0.05) is 0 Å². The van der Waals surface area contributed by atoms with Gasteiger partial charge in [-0.3, -0.25) is 4.79 Å². The normalized spacial score (nSPS) is 10.6.